The molecule has 1 nitrogen and oxygen atoms in total. The topological polar surface area (TPSA) is 12.0 Å². The van der Waals surface area contributed by atoms with Crippen LogP contribution in [0.25, 0.3) is 0 Å². The minimum Gasteiger partial charge on any atom is -0.309 e. The van der Waals surface area contributed by atoms with Crippen LogP contribution in [0.1, 0.15) is 55.3 Å². The maximum absolute atomic E-state index is 3.69. The molecule has 0 bridgehead atoms. The number of nitrogens with one attached hydrogen (secondary N) is 1. The third-order valence-corrected chi connectivity index (χ3v) is 4.95. The van der Waals surface area contributed by atoms with E-state index in [0.29, 0.717) is 6.04 Å². The van der Waals surface area contributed by atoms with Gasteiger partial charge in [-0.15, -0.1) is 11.3 Å². The molecule has 1 atom stereocenters. The fraction of sp³-hybridized carbons (Fsp3) is 0.714. The second-order valence-corrected chi connectivity index (χ2v) is 5.94. The van der Waals surface area contributed by atoms with Gasteiger partial charge in [0, 0.05) is 15.8 Å². The molecule has 1 aromatic rings. The van der Waals surface area contributed by atoms with Gasteiger partial charge in [-0.1, -0.05) is 26.7 Å². The van der Waals surface area contributed by atoms with E-state index in [2.05, 4.69) is 31.3 Å². The lowest BCUT2D eigenvalue weighted by atomic mass is 9.97. The molecule has 1 heterocycles. The van der Waals surface area contributed by atoms with Crippen LogP contribution in [0, 0.1) is 5.92 Å². The van der Waals surface area contributed by atoms with Crippen molar-refractivity contribution in [2.24, 2.45) is 5.92 Å². The Bertz CT molecular complexity index is 312. The van der Waals surface area contributed by atoms with Crippen LogP contribution in [0.4, 0.5) is 0 Å². The second-order valence-electron chi connectivity index (χ2n) is 4.74. The van der Waals surface area contributed by atoms with Crippen molar-refractivity contribution < 1.29 is 0 Å². The van der Waals surface area contributed by atoms with Crippen molar-refractivity contribution in [1.29, 1.82) is 0 Å². The highest BCUT2D eigenvalue weighted by Gasteiger charge is 2.26. The molecule has 1 unspecified atom stereocenters. The predicted molar refractivity (Wildman–Crippen MR) is 72.1 cm³/mol. The first kappa shape index (κ1) is 12.1. The third kappa shape index (κ3) is 2.67. The van der Waals surface area contributed by atoms with E-state index in [-0.39, 0.29) is 0 Å². The van der Waals surface area contributed by atoms with Gasteiger partial charge in [-0.05, 0) is 43.9 Å². The van der Waals surface area contributed by atoms with E-state index >= 15 is 0 Å². The van der Waals surface area contributed by atoms with Crippen molar-refractivity contribution in [3.05, 3.63) is 21.9 Å². The van der Waals surface area contributed by atoms with Crippen LogP contribution in [-0.2, 0) is 6.42 Å². The third-order valence-electron chi connectivity index (χ3n) is 3.63. The van der Waals surface area contributed by atoms with Crippen molar-refractivity contribution in [3.8, 4) is 0 Å². The molecule has 1 fully saturated rings. The van der Waals surface area contributed by atoms with Crippen molar-refractivity contribution in [3.63, 3.8) is 0 Å². The van der Waals surface area contributed by atoms with Crippen molar-refractivity contribution >= 4 is 11.3 Å². The molecule has 2 heteroatoms. The molecule has 0 radical (unpaired) electrons. The number of aryl methyl sites for hydroxylation is 1. The summed E-state index contributed by atoms with van der Waals surface area (Å²) >= 11 is 2.01. The van der Waals surface area contributed by atoms with E-state index in [0.717, 1.165) is 12.5 Å². The van der Waals surface area contributed by atoms with Crippen LogP contribution >= 0.6 is 11.3 Å². The van der Waals surface area contributed by atoms with Gasteiger partial charge >= 0.3 is 0 Å². The minimum atomic E-state index is 0.623. The molecule has 0 aliphatic heterocycles. The van der Waals surface area contributed by atoms with Gasteiger partial charge in [-0.2, -0.15) is 0 Å². The van der Waals surface area contributed by atoms with Crippen LogP contribution in [0.2, 0.25) is 0 Å². The number of hydrogen-bond donors (Lipinski definition) is 1. The average Bonchev–Trinajstić information content (AvgIpc) is 2.97. The molecule has 0 amide bonds. The molecule has 0 spiro atoms. The predicted octanol–water partition coefficient (Wildman–Crippen LogP) is 4.15. The van der Waals surface area contributed by atoms with E-state index in [9.17, 15) is 0 Å². The Hall–Kier alpha value is -0.340. The second kappa shape index (κ2) is 5.83. The van der Waals surface area contributed by atoms with Gasteiger partial charge in [0.25, 0.3) is 0 Å². The zero-order valence-corrected chi connectivity index (χ0v) is 11.3. The molecule has 1 aliphatic carbocycles. The summed E-state index contributed by atoms with van der Waals surface area (Å²) in [5, 5.41) is 3.69. The quantitative estimate of drug-likeness (QED) is 0.811. The van der Waals surface area contributed by atoms with Crippen LogP contribution < -0.4 is 5.32 Å². The summed E-state index contributed by atoms with van der Waals surface area (Å²) in [5.41, 5.74) is 0. The number of hydrogen-bond acceptors (Lipinski definition) is 2. The van der Waals surface area contributed by atoms with Crippen molar-refractivity contribution in [1.82, 2.24) is 5.32 Å². The monoisotopic (exact) mass is 237 g/mol. The maximum Gasteiger partial charge on any atom is 0.0443 e. The van der Waals surface area contributed by atoms with Gasteiger partial charge in [0.1, 0.15) is 0 Å². The normalized spacial score (nSPS) is 19.1. The van der Waals surface area contributed by atoms with Crippen LogP contribution in [0.3, 0.4) is 0 Å². The largest absolute Gasteiger partial charge is 0.309 e. The molecular formula is C14H23NS. The molecule has 1 saturated carbocycles. The summed E-state index contributed by atoms with van der Waals surface area (Å²) in [5.74, 6) is 0.878. The standard InChI is InChI=1S/C14H23NS/c1-3-12-9-10-13(16-12)14(15-4-2)11-7-5-6-8-11/h9-11,14-15H,3-8H2,1-2H3. The summed E-state index contributed by atoms with van der Waals surface area (Å²) in [6.45, 7) is 5.55. The Morgan fingerprint density at radius 3 is 2.62 bits per heavy atom. The van der Waals surface area contributed by atoms with E-state index in [1.165, 1.54) is 37.0 Å². The maximum atomic E-state index is 3.69. The lowest BCUT2D eigenvalue weighted by molar-refractivity contribution is 0.379. The molecule has 1 aromatic heterocycles. The Morgan fingerprint density at radius 2 is 2.06 bits per heavy atom. The first-order valence-electron chi connectivity index (χ1n) is 6.67. The number of rotatable bonds is 5. The lowest BCUT2D eigenvalue weighted by Crippen LogP contribution is -2.26. The Morgan fingerprint density at radius 1 is 1.31 bits per heavy atom. The van der Waals surface area contributed by atoms with Crippen LogP contribution in [0.5, 0.6) is 0 Å². The van der Waals surface area contributed by atoms with E-state index in [1.807, 2.05) is 11.3 Å². The summed E-state index contributed by atoms with van der Waals surface area (Å²) < 4.78 is 0. The molecular weight excluding hydrogens is 214 g/mol. The van der Waals surface area contributed by atoms with Crippen LogP contribution in [-0.4, -0.2) is 6.54 Å². The van der Waals surface area contributed by atoms with Gasteiger partial charge in [0.2, 0.25) is 0 Å². The first-order valence-corrected chi connectivity index (χ1v) is 7.48. The summed E-state index contributed by atoms with van der Waals surface area (Å²) in [6, 6.07) is 5.27. The SMILES string of the molecule is CCNC(c1ccc(CC)s1)C1CCCC1. The summed E-state index contributed by atoms with van der Waals surface area (Å²) in [6.07, 6.45) is 6.86. The molecule has 0 saturated heterocycles. The van der Waals surface area contributed by atoms with Gasteiger partial charge < -0.3 is 5.32 Å². The minimum absolute atomic E-state index is 0.623. The van der Waals surface area contributed by atoms with Gasteiger partial charge in [-0.3, -0.25) is 0 Å². The van der Waals surface area contributed by atoms with E-state index in [1.54, 1.807) is 4.88 Å². The van der Waals surface area contributed by atoms with Crippen molar-refractivity contribution in [2.75, 3.05) is 6.54 Å². The van der Waals surface area contributed by atoms with Gasteiger partial charge in [-0.25, -0.2) is 0 Å². The fourth-order valence-corrected chi connectivity index (χ4v) is 3.88. The zero-order chi connectivity index (χ0) is 11.4. The molecule has 1 aliphatic rings. The zero-order valence-electron chi connectivity index (χ0n) is 10.5. The fourth-order valence-electron chi connectivity index (χ4n) is 2.76. The van der Waals surface area contributed by atoms with Crippen LogP contribution in [0.15, 0.2) is 12.1 Å². The summed E-state index contributed by atoms with van der Waals surface area (Å²) in [7, 11) is 0. The molecule has 1 N–H and O–H groups in total. The smallest absolute Gasteiger partial charge is 0.0443 e. The Balaban J connectivity index is 2.10. The van der Waals surface area contributed by atoms with E-state index in [4.69, 9.17) is 0 Å². The molecule has 90 valence electrons. The van der Waals surface area contributed by atoms with Gasteiger partial charge in [0.05, 0.1) is 0 Å². The summed E-state index contributed by atoms with van der Waals surface area (Å²) in [4.78, 5) is 3.08. The lowest BCUT2D eigenvalue weighted by Gasteiger charge is -2.23. The highest BCUT2D eigenvalue weighted by molar-refractivity contribution is 7.12. The van der Waals surface area contributed by atoms with Gasteiger partial charge in [0.15, 0.2) is 0 Å². The first-order chi connectivity index (χ1) is 7.85. The molecule has 0 aromatic carbocycles. The molecule has 2 rings (SSSR count). The Kier molecular flexibility index (Phi) is 4.42. The average molecular weight is 237 g/mol. The van der Waals surface area contributed by atoms with E-state index < -0.39 is 0 Å². The number of thiophene rings is 1. The van der Waals surface area contributed by atoms with Crippen molar-refractivity contribution in [2.45, 2.75) is 52.0 Å². The Labute approximate surface area is 103 Å². The highest BCUT2D eigenvalue weighted by Crippen LogP contribution is 2.38. The highest BCUT2D eigenvalue weighted by atomic mass is 32.1. The molecule has 16 heavy (non-hydrogen) atoms.